The normalized spacial score (nSPS) is 10.6. The van der Waals surface area contributed by atoms with Crippen LogP contribution in [0, 0.1) is 23.0 Å². The molecule has 6 heteroatoms. The number of benzene rings is 4. The highest BCUT2D eigenvalue weighted by molar-refractivity contribution is 5.83. The van der Waals surface area contributed by atoms with Gasteiger partial charge < -0.3 is 0 Å². The molecule has 0 radical (unpaired) electrons. The van der Waals surface area contributed by atoms with E-state index in [-0.39, 0.29) is 17.0 Å². The molecule has 0 aliphatic rings. The van der Waals surface area contributed by atoms with Gasteiger partial charge >= 0.3 is 0 Å². The highest BCUT2D eigenvalue weighted by atomic mass is 19.2. The highest BCUT2D eigenvalue weighted by Crippen LogP contribution is 2.36. The molecule has 0 unspecified atom stereocenters. The third-order valence-corrected chi connectivity index (χ3v) is 5.33. The van der Waals surface area contributed by atoms with E-state index in [4.69, 9.17) is 0 Å². The topological polar surface area (TPSA) is 62.5 Å². The van der Waals surface area contributed by atoms with E-state index >= 15 is 4.39 Å². The number of nitrogens with zero attached hydrogens (tertiary/aromatic N) is 4. The van der Waals surface area contributed by atoms with Gasteiger partial charge in [-0.05, 0) is 11.6 Å². The maximum absolute atomic E-state index is 15.3. The summed E-state index contributed by atoms with van der Waals surface area (Å²) < 4.78 is 30.0. The lowest BCUT2D eigenvalue weighted by atomic mass is 9.95. The first kappa shape index (κ1) is 21.1. The molecule has 0 saturated carbocycles. The van der Waals surface area contributed by atoms with Gasteiger partial charge in [0.25, 0.3) is 0 Å². The second-order valence-electron chi connectivity index (χ2n) is 7.49. The Morgan fingerprint density at radius 1 is 0.559 bits per heavy atom. The van der Waals surface area contributed by atoms with Crippen molar-refractivity contribution in [3.8, 4) is 51.4 Å². The predicted molar refractivity (Wildman–Crippen MR) is 126 cm³/mol. The molecular weight excluding hydrogens is 430 g/mol. The summed E-state index contributed by atoms with van der Waals surface area (Å²) >= 11 is 0. The molecule has 34 heavy (non-hydrogen) atoms. The summed E-state index contributed by atoms with van der Waals surface area (Å²) in [4.78, 5) is 13.9. The van der Waals surface area contributed by atoms with E-state index in [1.807, 2.05) is 60.7 Å². The second kappa shape index (κ2) is 9.00. The van der Waals surface area contributed by atoms with Gasteiger partial charge in [0.2, 0.25) is 0 Å². The van der Waals surface area contributed by atoms with Crippen LogP contribution in [0.1, 0.15) is 5.56 Å². The number of aromatic nitrogens is 3. The molecule has 0 saturated heterocycles. The first-order valence-electron chi connectivity index (χ1n) is 10.5. The van der Waals surface area contributed by atoms with Gasteiger partial charge in [-0.1, -0.05) is 91.0 Å². The summed E-state index contributed by atoms with van der Waals surface area (Å²) in [5.41, 5.74) is 1.71. The third kappa shape index (κ3) is 3.91. The summed E-state index contributed by atoms with van der Waals surface area (Å²) in [6.45, 7) is 0. The Morgan fingerprint density at radius 2 is 1.00 bits per heavy atom. The van der Waals surface area contributed by atoms with Crippen LogP contribution in [0.3, 0.4) is 0 Å². The standard InChI is InChI=1S/C28H16F2N4/c29-24-21(17-31)16-22(23(25(24)30)18-10-4-1-5-11-18)28-33-26(19-12-6-2-7-13-19)32-27(34-28)20-14-8-3-9-15-20/h1-16H. The Hall–Kier alpha value is -4.76. The number of nitriles is 1. The van der Waals surface area contributed by atoms with Crippen LogP contribution < -0.4 is 0 Å². The lowest BCUT2D eigenvalue weighted by Gasteiger charge is -2.14. The van der Waals surface area contributed by atoms with Gasteiger partial charge in [-0.25, -0.2) is 23.7 Å². The van der Waals surface area contributed by atoms with E-state index in [0.29, 0.717) is 17.2 Å². The summed E-state index contributed by atoms with van der Waals surface area (Å²) in [6.07, 6.45) is 0. The van der Waals surface area contributed by atoms with Gasteiger partial charge in [0, 0.05) is 22.3 Å². The molecule has 5 aromatic rings. The molecule has 1 heterocycles. The zero-order valence-corrected chi connectivity index (χ0v) is 17.8. The van der Waals surface area contributed by atoms with Crippen molar-refractivity contribution in [2.45, 2.75) is 0 Å². The molecule has 4 nitrogen and oxygen atoms in total. The molecule has 5 rings (SSSR count). The SMILES string of the molecule is N#Cc1cc(-c2nc(-c3ccccc3)nc(-c3ccccc3)n2)c(-c2ccccc2)c(F)c1F. The second-order valence-corrected chi connectivity index (χ2v) is 7.49. The molecule has 0 N–H and O–H groups in total. The van der Waals surface area contributed by atoms with E-state index in [1.165, 1.54) is 6.07 Å². The molecule has 0 spiro atoms. The van der Waals surface area contributed by atoms with Crippen molar-refractivity contribution in [3.63, 3.8) is 0 Å². The Kier molecular flexibility index (Phi) is 5.59. The van der Waals surface area contributed by atoms with Crippen LogP contribution in [0.2, 0.25) is 0 Å². The predicted octanol–water partition coefficient (Wildman–Crippen LogP) is 6.69. The van der Waals surface area contributed by atoms with Crippen molar-refractivity contribution in [1.29, 1.82) is 5.26 Å². The first-order valence-corrected chi connectivity index (χ1v) is 10.5. The average molecular weight is 446 g/mol. The maximum Gasteiger partial charge on any atom is 0.177 e. The van der Waals surface area contributed by atoms with Crippen molar-refractivity contribution in [2.75, 3.05) is 0 Å². The molecule has 1 aromatic heterocycles. The molecule has 0 bridgehead atoms. The van der Waals surface area contributed by atoms with Gasteiger partial charge in [-0.2, -0.15) is 5.26 Å². The van der Waals surface area contributed by atoms with Gasteiger partial charge in [0.1, 0.15) is 6.07 Å². The third-order valence-electron chi connectivity index (χ3n) is 5.33. The molecule has 4 aromatic carbocycles. The minimum absolute atomic E-state index is 0.0127. The Bertz CT molecular complexity index is 1460. The van der Waals surface area contributed by atoms with Crippen LogP contribution in [0.15, 0.2) is 97.1 Å². The van der Waals surface area contributed by atoms with Crippen molar-refractivity contribution in [3.05, 3.63) is 114 Å². The summed E-state index contributed by atoms with van der Waals surface area (Å²) in [6, 6.07) is 30.3. The van der Waals surface area contributed by atoms with E-state index in [2.05, 4.69) is 15.0 Å². The molecule has 0 aliphatic carbocycles. The Morgan fingerprint density at radius 3 is 1.47 bits per heavy atom. The Balaban J connectivity index is 1.84. The van der Waals surface area contributed by atoms with Gasteiger partial charge in [0.05, 0.1) is 5.56 Å². The molecular formula is C28H16F2N4. The molecule has 0 aliphatic heterocycles. The van der Waals surface area contributed by atoms with Crippen LogP contribution in [0.4, 0.5) is 8.78 Å². The monoisotopic (exact) mass is 446 g/mol. The minimum atomic E-state index is -1.20. The number of hydrogen-bond acceptors (Lipinski definition) is 4. The number of rotatable bonds is 4. The smallest absolute Gasteiger partial charge is 0.177 e. The zero-order valence-electron chi connectivity index (χ0n) is 17.8. The summed E-state index contributed by atoms with van der Waals surface area (Å²) in [5.74, 6) is -1.42. The molecule has 0 atom stereocenters. The minimum Gasteiger partial charge on any atom is -0.208 e. The van der Waals surface area contributed by atoms with Crippen LogP contribution in [-0.4, -0.2) is 15.0 Å². The zero-order chi connectivity index (χ0) is 23.5. The van der Waals surface area contributed by atoms with Gasteiger partial charge in [0.15, 0.2) is 29.1 Å². The van der Waals surface area contributed by atoms with Crippen LogP contribution in [0.25, 0.3) is 45.3 Å². The van der Waals surface area contributed by atoms with Crippen molar-refractivity contribution < 1.29 is 8.78 Å². The molecule has 162 valence electrons. The number of hydrogen-bond donors (Lipinski definition) is 0. The fourth-order valence-corrected chi connectivity index (χ4v) is 3.70. The largest absolute Gasteiger partial charge is 0.208 e. The van der Waals surface area contributed by atoms with Crippen LogP contribution >= 0.6 is 0 Å². The summed E-state index contributed by atoms with van der Waals surface area (Å²) in [5, 5.41) is 9.43. The van der Waals surface area contributed by atoms with Gasteiger partial charge in [-0.15, -0.1) is 0 Å². The first-order chi connectivity index (χ1) is 16.7. The van der Waals surface area contributed by atoms with E-state index in [9.17, 15) is 9.65 Å². The van der Waals surface area contributed by atoms with Crippen molar-refractivity contribution >= 4 is 0 Å². The molecule has 0 amide bonds. The van der Waals surface area contributed by atoms with E-state index in [1.54, 1.807) is 36.4 Å². The highest BCUT2D eigenvalue weighted by Gasteiger charge is 2.23. The average Bonchev–Trinajstić information content (AvgIpc) is 2.91. The maximum atomic E-state index is 15.3. The van der Waals surface area contributed by atoms with Crippen LogP contribution in [0.5, 0.6) is 0 Å². The van der Waals surface area contributed by atoms with E-state index in [0.717, 1.165) is 11.1 Å². The number of halogens is 2. The van der Waals surface area contributed by atoms with E-state index < -0.39 is 17.2 Å². The Labute approximate surface area is 194 Å². The fraction of sp³-hybridized carbons (Fsp3) is 0. The van der Waals surface area contributed by atoms with Crippen molar-refractivity contribution in [2.24, 2.45) is 0 Å². The lowest BCUT2D eigenvalue weighted by Crippen LogP contribution is -2.04. The fourth-order valence-electron chi connectivity index (χ4n) is 3.70. The summed E-state index contributed by atoms with van der Waals surface area (Å²) in [7, 11) is 0. The lowest BCUT2D eigenvalue weighted by molar-refractivity contribution is 0.509. The quantitative estimate of drug-likeness (QED) is 0.309. The van der Waals surface area contributed by atoms with Crippen LogP contribution in [-0.2, 0) is 0 Å². The van der Waals surface area contributed by atoms with Gasteiger partial charge in [-0.3, -0.25) is 0 Å². The molecule has 0 fully saturated rings. The van der Waals surface area contributed by atoms with Crippen molar-refractivity contribution in [1.82, 2.24) is 15.0 Å².